The van der Waals surface area contributed by atoms with E-state index in [0.717, 1.165) is 12.2 Å². The van der Waals surface area contributed by atoms with E-state index < -0.39 is 18.2 Å². The Kier molecular flexibility index (Phi) is 4.98. The normalized spacial score (nSPS) is 20.6. The molecule has 2 atom stereocenters. The molecule has 5 nitrogen and oxygen atoms in total. The zero-order valence-corrected chi connectivity index (χ0v) is 11.9. The standard InChI is InChI=1S/C15H21NO4/c1-3-19-15(18)14(17)13-10-16(8-9-20-13)12-6-4-11(2)5-7-12/h4-7,13-14,17H,3,8-10H2,1-2H3. The number of hydrogen-bond acceptors (Lipinski definition) is 5. The molecule has 0 aliphatic carbocycles. The van der Waals surface area contributed by atoms with Crippen molar-refractivity contribution in [3.05, 3.63) is 29.8 Å². The summed E-state index contributed by atoms with van der Waals surface area (Å²) in [5, 5.41) is 9.96. The maximum absolute atomic E-state index is 11.6. The second-order valence-corrected chi connectivity index (χ2v) is 4.89. The Morgan fingerprint density at radius 3 is 2.85 bits per heavy atom. The molecule has 0 bridgehead atoms. The second-order valence-electron chi connectivity index (χ2n) is 4.89. The van der Waals surface area contributed by atoms with Crippen LogP contribution in [0.3, 0.4) is 0 Å². The minimum Gasteiger partial charge on any atom is -0.464 e. The molecule has 1 saturated heterocycles. The van der Waals surface area contributed by atoms with E-state index in [1.165, 1.54) is 5.56 Å². The fraction of sp³-hybridized carbons (Fsp3) is 0.533. The number of benzene rings is 1. The number of morpholine rings is 1. The molecule has 1 N–H and O–H groups in total. The van der Waals surface area contributed by atoms with Gasteiger partial charge in [0.25, 0.3) is 0 Å². The van der Waals surface area contributed by atoms with Gasteiger partial charge >= 0.3 is 5.97 Å². The van der Waals surface area contributed by atoms with Gasteiger partial charge in [-0.1, -0.05) is 17.7 Å². The van der Waals surface area contributed by atoms with Gasteiger partial charge < -0.3 is 19.5 Å². The van der Waals surface area contributed by atoms with Gasteiger partial charge in [-0.25, -0.2) is 4.79 Å². The number of aliphatic hydroxyl groups excluding tert-OH is 1. The topological polar surface area (TPSA) is 59.0 Å². The molecule has 1 aromatic carbocycles. The number of carbonyl (C=O) groups excluding carboxylic acids is 1. The Morgan fingerprint density at radius 1 is 1.50 bits per heavy atom. The van der Waals surface area contributed by atoms with Crippen LogP contribution in [0, 0.1) is 6.92 Å². The number of esters is 1. The van der Waals surface area contributed by atoms with Crippen LogP contribution in [0.15, 0.2) is 24.3 Å². The fourth-order valence-corrected chi connectivity index (χ4v) is 2.24. The summed E-state index contributed by atoms with van der Waals surface area (Å²) >= 11 is 0. The number of hydrogen-bond donors (Lipinski definition) is 1. The maximum Gasteiger partial charge on any atom is 0.337 e. The Bertz CT molecular complexity index is 446. The number of rotatable bonds is 4. The number of carbonyl (C=O) groups is 1. The Morgan fingerprint density at radius 2 is 2.20 bits per heavy atom. The van der Waals surface area contributed by atoms with Gasteiger partial charge in [-0.05, 0) is 26.0 Å². The minimum atomic E-state index is -1.23. The van der Waals surface area contributed by atoms with Crippen LogP contribution in [0.5, 0.6) is 0 Å². The molecule has 0 aromatic heterocycles. The molecule has 1 fully saturated rings. The van der Waals surface area contributed by atoms with Crippen molar-refractivity contribution in [3.63, 3.8) is 0 Å². The van der Waals surface area contributed by atoms with Gasteiger partial charge in [-0.15, -0.1) is 0 Å². The lowest BCUT2D eigenvalue weighted by atomic mass is 10.1. The molecule has 110 valence electrons. The van der Waals surface area contributed by atoms with E-state index in [4.69, 9.17) is 9.47 Å². The molecule has 0 saturated carbocycles. The van der Waals surface area contributed by atoms with Crippen LogP contribution in [-0.4, -0.2) is 49.6 Å². The average Bonchev–Trinajstić information content (AvgIpc) is 2.47. The molecule has 1 heterocycles. The lowest BCUT2D eigenvalue weighted by molar-refractivity contribution is -0.162. The van der Waals surface area contributed by atoms with E-state index in [9.17, 15) is 9.90 Å². The van der Waals surface area contributed by atoms with Crippen molar-refractivity contribution >= 4 is 11.7 Å². The summed E-state index contributed by atoms with van der Waals surface area (Å²) in [7, 11) is 0. The predicted octanol–water partition coefficient (Wildman–Crippen LogP) is 1.12. The van der Waals surface area contributed by atoms with Crippen molar-refractivity contribution < 1.29 is 19.4 Å². The van der Waals surface area contributed by atoms with Crippen molar-refractivity contribution in [1.29, 1.82) is 0 Å². The van der Waals surface area contributed by atoms with E-state index in [0.29, 0.717) is 13.2 Å². The lowest BCUT2D eigenvalue weighted by Crippen LogP contribution is -2.50. The van der Waals surface area contributed by atoms with Crippen LogP contribution in [0.2, 0.25) is 0 Å². The molecule has 2 rings (SSSR count). The van der Waals surface area contributed by atoms with Crippen molar-refractivity contribution in [2.24, 2.45) is 0 Å². The monoisotopic (exact) mass is 279 g/mol. The molecule has 2 unspecified atom stereocenters. The smallest absolute Gasteiger partial charge is 0.337 e. The lowest BCUT2D eigenvalue weighted by Gasteiger charge is -2.35. The molecule has 0 spiro atoms. The van der Waals surface area contributed by atoms with Gasteiger partial charge in [-0.3, -0.25) is 0 Å². The van der Waals surface area contributed by atoms with Crippen LogP contribution in [-0.2, 0) is 14.3 Å². The molecule has 20 heavy (non-hydrogen) atoms. The van der Waals surface area contributed by atoms with Crippen molar-refractivity contribution in [2.75, 3.05) is 31.2 Å². The zero-order chi connectivity index (χ0) is 14.5. The Balaban J connectivity index is 2.01. The van der Waals surface area contributed by atoms with Gasteiger partial charge in [0.05, 0.1) is 13.2 Å². The van der Waals surface area contributed by atoms with E-state index in [1.807, 2.05) is 31.2 Å². The molecule has 0 radical (unpaired) electrons. The Labute approximate surface area is 119 Å². The molecular formula is C15H21NO4. The molecule has 1 aliphatic heterocycles. The summed E-state index contributed by atoms with van der Waals surface area (Å²) < 4.78 is 10.3. The van der Waals surface area contributed by atoms with Gasteiger partial charge in [0.1, 0.15) is 6.10 Å². The van der Waals surface area contributed by atoms with E-state index in [1.54, 1.807) is 6.92 Å². The van der Waals surface area contributed by atoms with Gasteiger partial charge in [0.2, 0.25) is 0 Å². The third-order valence-electron chi connectivity index (χ3n) is 3.37. The third kappa shape index (κ3) is 3.49. The second kappa shape index (κ2) is 6.72. The number of aliphatic hydroxyl groups is 1. The highest BCUT2D eigenvalue weighted by Gasteiger charge is 2.32. The number of anilines is 1. The summed E-state index contributed by atoms with van der Waals surface area (Å²) in [5.74, 6) is -0.622. The van der Waals surface area contributed by atoms with Crippen LogP contribution in [0.4, 0.5) is 5.69 Å². The van der Waals surface area contributed by atoms with E-state index in [2.05, 4.69) is 4.90 Å². The van der Waals surface area contributed by atoms with Gasteiger partial charge in [0.15, 0.2) is 6.10 Å². The molecule has 1 aromatic rings. The van der Waals surface area contributed by atoms with Crippen LogP contribution >= 0.6 is 0 Å². The largest absolute Gasteiger partial charge is 0.464 e. The SMILES string of the molecule is CCOC(=O)C(O)C1CN(c2ccc(C)cc2)CCO1. The number of aryl methyl sites for hydroxylation is 1. The molecular weight excluding hydrogens is 258 g/mol. The number of ether oxygens (including phenoxy) is 2. The van der Waals surface area contributed by atoms with Crippen molar-refractivity contribution in [1.82, 2.24) is 0 Å². The maximum atomic E-state index is 11.6. The van der Waals surface area contributed by atoms with Gasteiger partial charge in [-0.2, -0.15) is 0 Å². The van der Waals surface area contributed by atoms with Crippen LogP contribution in [0.25, 0.3) is 0 Å². The molecule has 1 aliphatic rings. The van der Waals surface area contributed by atoms with E-state index >= 15 is 0 Å². The van der Waals surface area contributed by atoms with E-state index in [-0.39, 0.29) is 6.61 Å². The Hall–Kier alpha value is -1.59. The summed E-state index contributed by atoms with van der Waals surface area (Å²) in [6.45, 7) is 5.71. The summed E-state index contributed by atoms with van der Waals surface area (Å²) in [6, 6.07) is 8.16. The van der Waals surface area contributed by atoms with Crippen molar-refractivity contribution in [3.8, 4) is 0 Å². The number of nitrogens with zero attached hydrogens (tertiary/aromatic N) is 1. The first-order chi connectivity index (χ1) is 9.61. The molecule has 0 amide bonds. The fourth-order valence-electron chi connectivity index (χ4n) is 2.24. The van der Waals surface area contributed by atoms with Gasteiger partial charge in [0, 0.05) is 18.8 Å². The highest BCUT2D eigenvalue weighted by molar-refractivity contribution is 5.75. The predicted molar refractivity (Wildman–Crippen MR) is 75.8 cm³/mol. The summed E-state index contributed by atoms with van der Waals surface area (Å²) in [5.41, 5.74) is 2.27. The first-order valence-electron chi connectivity index (χ1n) is 6.89. The first-order valence-corrected chi connectivity index (χ1v) is 6.89. The highest BCUT2D eigenvalue weighted by atomic mass is 16.6. The quantitative estimate of drug-likeness (QED) is 0.837. The third-order valence-corrected chi connectivity index (χ3v) is 3.37. The zero-order valence-electron chi connectivity index (χ0n) is 11.9. The summed E-state index contributed by atoms with van der Waals surface area (Å²) in [6.07, 6.45) is -1.78. The highest BCUT2D eigenvalue weighted by Crippen LogP contribution is 2.19. The summed E-state index contributed by atoms with van der Waals surface area (Å²) in [4.78, 5) is 13.7. The molecule has 5 heteroatoms. The van der Waals surface area contributed by atoms with Crippen LogP contribution < -0.4 is 4.90 Å². The van der Waals surface area contributed by atoms with Crippen molar-refractivity contribution in [2.45, 2.75) is 26.1 Å². The first kappa shape index (κ1) is 14.8. The minimum absolute atomic E-state index is 0.254. The average molecular weight is 279 g/mol. The van der Waals surface area contributed by atoms with Crippen LogP contribution in [0.1, 0.15) is 12.5 Å².